The number of ether oxygens (including phenoxy) is 3. The number of aliphatic imine (C=N–C) groups is 1. The first-order valence-corrected chi connectivity index (χ1v) is 14.2. The van der Waals surface area contributed by atoms with E-state index in [9.17, 15) is 4.79 Å². The number of fused-ring (bicyclic) bond motifs is 2. The molecule has 5 atom stereocenters. The first-order chi connectivity index (χ1) is 19.9. The van der Waals surface area contributed by atoms with Gasteiger partial charge in [-0.3, -0.25) is 9.79 Å². The summed E-state index contributed by atoms with van der Waals surface area (Å²) in [6.45, 7) is 6.82. The Hall–Kier alpha value is -3.70. The average Bonchev–Trinajstić information content (AvgIpc) is 3.64. The Morgan fingerprint density at radius 3 is 2.27 bits per heavy atom. The Balaban J connectivity index is 1.30. The lowest BCUT2D eigenvalue weighted by atomic mass is 9.91. The van der Waals surface area contributed by atoms with Crippen molar-refractivity contribution < 1.29 is 19.0 Å². The summed E-state index contributed by atoms with van der Waals surface area (Å²) in [5, 5.41) is 6.40. The van der Waals surface area contributed by atoms with E-state index in [0.29, 0.717) is 36.1 Å². The summed E-state index contributed by atoms with van der Waals surface area (Å²) in [6.07, 6.45) is -0.505. The fourth-order valence-electron chi connectivity index (χ4n) is 5.96. The highest BCUT2D eigenvalue weighted by Crippen LogP contribution is 2.47. The molecule has 0 saturated carbocycles. The SMILES string of the molecule is CCNC(=O)[C@H]1O[C@@H](C2C=Nc3c(NCC(c4ccccc4)c4ccccc4)nc(CN)nc32)[C@@H]2OC(C)(C)O[C@@H]21. The van der Waals surface area contributed by atoms with Crippen molar-refractivity contribution in [3.05, 3.63) is 83.3 Å². The number of likely N-dealkylation sites (N-methyl/N-ethyl adjacent to an activating group) is 1. The molecule has 2 aromatic carbocycles. The van der Waals surface area contributed by atoms with Gasteiger partial charge in [0.25, 0.3) is 5.91 Å². The van der Waals surface area contributed by atoms with Crippen LogP contribution < -0.4 is 16.4 Å². The minimum Gasteiger partial charge on any atom is -0.367 e. The molecular weight excluding hydrogens is 520 g/mol. The maximum absolute atomic E-state index is 12.9. The number of nitrogens with zero attached hydrogens (tertiary/aromatic N) is 3. The van der Waals surface area contributed by atoms with Gasteiger partial charge in [-0.15, -0.1) is 0 Å². The number of aromatic nitrogens is 2. The number of carbonyl (C=O) groups is 1. The van der Waals surface area contributed by atoms with Crippen molar-refractivity contribution in [2.75, 3.05) is 18.4 Å². The molecule has 4 N–H and O–H groups in total. The van der Waals surface area contributed by atoms with Crippen LogP contribution >= 0.6 is 0 Å². The smallest absolute Gasteiger partial charge is 0.251 e. The molecule has 1 aromatic heterocycles. The summed E-state index contributed by atoms with van der Waals surface area (Å²) in [6, 6.07) is 20.8. The molecule has 214 valence electrons. The average molecular weight is 557 g/mol. The van der Waals surface area contributed by atoms with Crippen molar-refractivity contribution in [2.24, 2.45) is 10.7 Å². The van der Waals surface area contributed by atoms with Gasteiger partial charge in [0, 0.05) is 25.2 Å². The Labute approximate surface area is 239 Å². The fraction of sp³-hybridized carbons (Fsp3) is 0.419. The molecule has 4 heterocycles. The highest BCUT2D eigenvalue weighted by molar-refractivity contribution is 5.86. The van der Waals surface area contributed by atoms with Crippen LogP contribution in [0.25, 0.3) is 0 Å². The van der Waals surface area contributed by atoms with Gasteiger partial charge in [-0.25, -0.2) is 9.97 Å². The molecule has 6 rings (SSSR count). The zero-order chi connectivity index (χ0) is 28.6. The second-order valence-electron chi connectivity index (χ2n) is 11.0. The molecule has 3 aromatic rings. The Bertz CT molecular complexity index is 1380. The fourth-order valence-corrected chi connectivity index (χ4v) is 5.96. The van der Waals surface area contributed by atoms with Crippen LogP contribution in [0.4, 0.5) is 11.5 Å². The number of amides is 1. The molecule has 1 unspecified atom stereocenters. The summed E-state index contributed by atoms with van der Waals surface area (Å²) >= 11 is 0. The Kier molecular flexibility index (Phi) is 7.56. The van der Waals surface area contributed by atoms with Crippen molar-refractivity contribution in [2.45, 2.75) is 69.4 Å². The minimum atomic E-state index is -0.842. The third-order valence-electron chi connectivity index (χ3n) is 7.75. The largest absolute Gasteiger partial charge is 0.367 e. The predicted octanol–water partition coefficient (Wildman–Crippen LogP) is 3.40. The monoisotopic (exact) mass is 556 g/mol. The highest BCUT2D eigenvalue weighted by atomic mass is 16.8. The van der Waals surface area contributed by atoms with E-state index in [1.807, 2.05) is 63.4 Å². The number of rotatable bonds is 9. The van der Waals surface area contributed by atoms with E-state index in [1.54, 1.807) is 0 Å². The normalized spacial score (nSPS) is 25.7. The topological polar surface area (TPSA) is 133 Å². The summed E-state index contributed by atoms with van der Waals surface area (Å²) < 4.78 is 18.7. The van der Waals surface area contributed by atoms with Crippen LogP contribution in [-0.2, 0) is 25.5 Å². The van der Waals surface area contributed by atoms with E-state index in [4.69, 9.17) is 34.9 Å². The summed E-state index contributed by atoms with van der Waals surface area (Å²) in [5.74, 6) is -0.218. The number of benzene rings is 2. The van der Waals surface area contributed by atoms with Crippen molar-refractivity contribution in [3.63, 3.8) is 0 Å². The van der Waals surface area contributed by atoms with Gasteiger partial charge in [-0.2, -0.15) is 0 Å². The van der Waals surface area contributed by atoms with Crippen molar-refractivity contribution >= 4 is 23.6 Å². The number of nitrogens with one attached hydrogen (secondary N) is 2. The lowest BCUT2D eigenvalue weighted by Crippen LogP contribution is -2.42. The number of anilines is 1. The Morgan fingerprint density at radius 1 is 0.976 bits per heavy atom. The van der Waals surface area contributed by atoms with Crippen LogP contribution in [0.1, 0.15) is 55.3 Å². The van der Waals surface area contributed by atoms with E-state index in [0.717, 1.165) is 0 Å². The third kappa shape index (κ3) is 5.36. The van der Waals surface area contributed by atoms with Gasteiger partial charge in [-0.05, 0) is 31.9 Å². The zero-order valence-corrected chi connectivity index (χ0v) is 23.5. The second kappa shape index (κ2) is 11.3. The van der Waals surface area contributed by atoms with Gasteiger partial charge >= 0.3 is 0 Å². The number of nitrogens with two attached hydrogens (primary N) is 1. The summed E-state index contributed by atoms with van der Waals surface area (Å²) in [5.41, 5.74) is 9.78. The minimum absolute atomic E-state index is 0.0913. The van der Waals surface area contributed by atoms with Crippen LogP contribution in [0.3, 0.4) is 0 Å². The highest BCUT2D eigenvalue weighted by Gasteiger charge is 2.59. The van der Waals surface area contributed by atoms with Crippen LogP contribution in [0, 0.1) is 0 Å². The number of hydrogen-bond donors (Lipinski definition) is 3. The Morgan fingerprint density at radius 2 is 1.63 bits per heavy atom. The van der Waals surface area contributed by atoms with E-state index >= 15 is 0 Å². The van der Waals surface area contributed by atoms with Crippen molar-refractivity contribution in [1.29, 1.82) is 0 Å². The zero-order valence-electron chi connectivity index (χ0n) is 23.5. The van der Waals surface area contributed by atoms with Gasteiger partial charge in [0.15, 0.2) is 17.7 Å². The maximum atomic E-state index is 12.9. The van der Waals surface area contributed by atoms with Gasteiger partial charge in [0.1, 0.15) is 29.8 Å². The summed E-state index contributed by atoms with van der Waals surface area (Å²) in [7, 11) is 0. The molecule has 0 spiro atoms. The molecular formula is C31H36N6O4. The van der Waals surface area contributed by atoms with E-state index in [1.165, 1.54) is 11.1 Å². The molecule has 10 nitrogen and oxygen atoms in total. The first kappa shape index (κ1) is 27.5. The molecule has 2 fully saturated rings. The van der Waals surface area contributed by atoms with Crippen molar-refractivity contribution in [1.82, 2.24) is 15.3 Å². The van der Waals surface area contributed by atoms with Crippen LogP contribution in [0.15, 0.2) is 65.7 Å². The lowest BCUT2D eigenvalue weighted by molar-refractivity contribution is -0.189. The molecule has 10 heteroatoms. The van der Waals surface area contributed by atoms with Crippen LogP contribution in [0.2, 0.25) is 0 Å². The summed E-state index contributed by atoms with van der Waals surface area (Å²) in [4.78, 5) is 27.1. The molecule has 0 aliphatic carbocycles. The standard InChI is InChI=1S/C31H36N6O4/c1-4-33-30(38)28-27-26(40-31(2,3)41-27)25(39-28)21-17-34-24-23(21)36-22(15-32)37-29(24)35-16-20(18-11-7-5-8-12-18)19-13-9-6-10-14-19/h5-14,17,20-21,25-28H,4,15-16,32H2,1-3H3,(H,33,38)(H,35,36,37)/t21?,25-,26-,27-,28-/m0/s1. The third-order valence-corrected chi connectivity index (χ3v) is 7.75. The number of hydrogen-bond acceptors (Lipinski definition) is 9. The van der Waals surface area contributed by atoms with Crippen LogP contribution in [-0.4, -0.2) is 65.4 Å². The molecule has 1 amide bonds. The quantitative estimate of drug-likeness (QED) is 0.365. The lowest BCUT2D eigenvalue weighted by Gasteiger charge is -2.26. The van der Waals surface area contributed by atoms with E-state index < -0.39 is 30.2 Å². The second-order valence-corrected chi connectivity index (χ2v) is 11.0. The molecule has 2 saturated heterocycles. The molecule has 41 heavy (non-hydrogen) atoms. The predicted molar refractivity (Wildman–Crippen MR) is 155 cm³/mol. The first-order valence-electron chi connectivity index (χ1n) is 14.2. The van der Waals surface area contributed by atoms with E-state index in [-0.39, 0.29) is 24.3 Å². The van der Waals surface area contributed by atoms with Gasteiger partial charge in [0.2, 0.25) is 0 Å². The van der Waals surface area contributed by atoms with Crippen molar-refractivity contribution in [3.8, 4) is 0 Å². The van der Waals surface area contributed by atoms with Crippen LogP contribution in [0.5, 0.6) is 0 Å². The van der Waals surface area contributed by atoms with Gasteiger partial charge < -0.3 is 30.6 Å². The van der Waals surface area contributed by atoms with Gasteiger partial charge in [-0.1, -0.05) is 60.7 Å². The molecule has 0 bridgehead atoms. The molecule has 0 radical (unpaired) electrons. The van der Waals surface area contributed by atoms with Gasteiger partial charge in [0.05, 0.1) is 18.2 Å². The van der Waals surface area contributed by atoms with E-state index in [2.05, 4.69) is 34.9 Å². The molecule has 3 aliphatic heterocycles. The molecule has 3 aliphatic rings. The maximum Gasteiger partial charge on any atom is 0.251 e. The number of carbonyl (C=O) groups excluding carboxylic acids is 1.